The number of aliphatic carboxylic acids is 2. The number of rotatable bonds is 6. The van der Waals surface area contributed by atoms with Crippen LogP contribution in [0, 0.1) is 11.8 Å². The summed E-state index contributed by atoms with van der Waals surface area (Å²) >= 11 is 0. The van der Waals surface area contributed by atoms with E-state index in [1.54, 1.807) is 0 Å². The summed E-state index contributed by atoms with van der Waals surface area (Å²) in [5.41, 5.74) is 10.5. The zero-order chi connectivity index (χ0) is 14.9. The molecular weight excluding hydrogens is 236 g/mol. The molecule has 0 heterocycles. The molecule has 0 aliphatic heterocycles. The van der Waals surface area contributed by atoms with E-state index in [-0.39, 0.29) is 11.8 Å². The Labute approximate surface area is 108 Å². The lowest BCUT2D eigenvalue weighted by Crippen LogP contribution is -2.36. The normalized spacial score (nSPS) is 16.8. The van der Waals surface area contributed by atoms with Crippen molar-refractivity contribution in [3.8, 4) is 0 Å². The molecule has 0 aromatic carbocycles. The fraction of sp³-hybridized carbons (Fsp3) is 0.833. The van der Waals surface area contributed by atoms with Crippen LogP contribution in [0.15, 0.2) is 0 Å². The molecule has 0 spiro atoms. The van der Waals surface area contributed by atoms with Gasteiger partial charge in [-0.25, -0.2) is 0 Å². The Bertz CT molecular complexity index is 232. The van der Waals surface area contributed by atoms with Crippen molar-refractivity contribution in [3.63, 3.8) is 0 Å². The monoisotopic (exact) mass is 262 g/mol. The zero-order valence-electron chi connectivity index (χ0n) is 11.6. The smallest absolute Gasteiger partial charge is 0.320 e. The van der Waals surface area contributed by atoms with Gasteiger partial charge in [-0.3, -0.25) is 9.59 Å². The van der Waals surface area contributed by atoms with Crippen LogP contribution in [-0.4, -0.2) is 34.2 Å². The fourth-order valence-corrected chi connectivity index (χ4v) is 0.995. The van der Waals surface area contributed by atoms with Gasteiger partial charge in [0.1, 0.15) is 12.1 Å². The molecule has 0 aromatic heterocycles. The molecule has 4 unspecified atom stereocenters. The molecule has 0 fully saturated rings. The van der Waals surface area contributed by atoms with Crippen molar-refractivity contribution in [2.24, 2.45) is 23.3 Å². The lowest BCUT2D eigenvalue weighted by molar-refractivity contribution is -0.140. The Morgan fingerprint density at radius 1 is 0.889 bits per heavy atom. The first-order chi connectivity index (χ1) is 8.18. The average Bonchev–Trinajstić information content (AvgIpc) is 2.35. The minimum atomic E-state index is -0.913. The van der Waals surface area contributed by atoms with Gasteiger partial charge >= 0.3 is 11.9 Å². The summed E-state index contributed by atoms with van der Waals surface area (Å²) in [6.45, 7) is 7.51. The maximum atomic E-state index is 10.2. The molecule has 0 amide bonds. The molecule has 18 heavy (non-hydrogen) atoms. The summed E-state index contributed by atoms with van der Waals surface area (Å²) in [5, 5.41) is 16.7. The number of hydrogen-bond donors (Lipinski definition) is 4. The predicted molar refractivity (Wildman–Crippen MR) is 70.1 cm³/mol. The summed E-state index contributed by atoms with van der Waals surface area (Å²) in [6, 6.07) is -1.40. The van der Waals surface area contributed by atoms with Gasteiger partial charge in [-0.05, 0) is 11.8 Å². The Morgan fingerprint density at radius 3 is 1.17 bits per heavy atom. The Balaban J connectivity index is 0. The van der Waals surface area contributed by atoms with Crippen LogP contribution in [0.1, 0.15) is 40.5 Å². The topological polar surface area (TPSA) is 127 Å². The summed E-state index contributed by atoms with van der Waals surface area (Å²) in [5.74, 6) is -1.68. The van der Waals surface area contributed by atoms with Gasteiger partial charge in [-0.15, -0.1) is 0 Å². The predicted octanol–water partition coefficient (Wildman–Crippen LogP) is 0.889. The van der Waals surface area contributed by atoms with E-state index in [1.807, 2.05) is 27.7 Å². The highest BCUT2D eigenvalue weighted by Crippen LogP contribution is 2.04. The van der Waals surface area contributed by atoms with Crippen LogP contribution in [0.4, 0.5) is 0 Å². The third-order valence-electron chi connectivity index (χ3n) is 3.08. The van der Waals surface area contributed by atoms with Gasteiger partial charge in [-0.1, -0.05) is 40.5 Å². The van der Waals surface area contributed by atoms with Crippen LogP contribution in [0.2, 0.25) is 0 Å². The highest BCUT2D eigenvalue weighted by atomic mass is 16.4. The average molecular weight is 262 g/mol. The number of carboxylic acids is 2. The Hall–Kier alpha value is -1.14. The van der Waals surface area contributed by atoms with Gasteiger partial charge < -0.3 is 21.7 Å². The molecule has 0 aliphatic rings. The van der Waals surface area contributed by atoms with E-state index in [9.17, 15) is 9.59 Å². The second kappa shape index (κ2) is 9.85. The van der Waals surface area contributed by atoms with Crippen LogP contribution in [0.25, 0.3) is 0 Å². The first-order valence-corrected chi connectivity index (χ1v) is 6.15. The molecule has 6 nitrogen and oxygen atoms in total. The molecule has 0 saturated carbocycles. The molecule has 0 aliphatic carbocycles. The third kappa shape index (κ3) is 8.03. The van der Waals surface area contributed by atoms with Crippen molar-refractivity contribution in [1.82, 2.24) is 0 Å². The lowest BCUT2D eigenvalue weighted by atomic mass is 10.0. The molecule has 6 heteroatoms. The van der Waals surface area contributed by atoms with Gasteiger partial charge in [0.05, 0.1) is 0 Å². The highest BCUT2D eigenvalue weighted by molar-refractivity contribution is 5.73. The SMILES string of the molecule is CCC(C)C(N)C(=O)O.CCC(C)C(N)C(=O)O. The first kappa shape index (κ1) is 19.2. The fourth-order valence-electron chi connectivity index (χ4n) is 0.995. The first-order valence-electron chi connectivity index (χ1n) is 6.15. The number of carbonyl (C=O) groups is 2. The summed E-state index contributed by atoms with van der Waals surface area (Å²) in [4.78, 5) is 20.3. The van der Waals surface area contributed by atoms with E-state index in [1.165, 1.54) is 0 Å². The highest BCUT2D eigenvalue weighted by Gasteiger charge is 2.17. The van der Waals surface area contributed by atoms with Crippen LogP contribution in [0.5, 0.6) is 0 Å². The van der Waals surface area contributed by atoms with E-state index in [2.05, 4.69) is 0 Å². The van der Waals surface area contributed by atoms with Crippen molar-refractivity contribution in [3.05, 3.63) is 0 Å². The van der Waals surface area contributed by atoms with Crippen LogP contribution in [-0.2, 0) is 9.59 Å². The van der Waals surface area contributed by atoms with Crippen molar-refractivity contribution in [2.45, 2.75) is 52.6 Å². The van der Waals surface area contributed by atoms with Gasteiger partial charge in [0.15, 0.2) is 0 Å². The molecule has 4 atom stereocenters. The molecule has 6 N–H and O–H groups in total. The van der Waals surface area contributed by atoms with E-state index in [0.717, 1.165) is 12.8 Å². The Morgan fingerprint density at radius 2 is 1.11 bits per heavy atom. The number of carboxylic acid groups (broad SMARTS) is 2. The van der Waals surface area contributed by atoms with Crippen LogP contribution < -0.4 is 11.5 Å². The van der Waals surface area contributed by atoms with Crippen molar-refractivity contribution in [2.75, 3.05) is 0 Å². The molecule has 0 bridgehead atoms. The molecule has 0 saturated heterocycles. The summed E-state index contributed by atoms with van der Waals surface area (Å²) in [7, 11) is 0. The van der Waals surface area contributed by atoms with E-state index < -0.39 is 24.0 Å². The Kier molecular flexibility index (Phi) is 10.5. The van der Waals surface area contributed by atoms with Crippen LogP contribution in [0.3, 0.4) is 0 Å². The van der Waals surface area contributed by atoms with Gasteiger partial charge in [0.2, 0.25) is 0 Å². The second-order valence-electron chi connectivity index (χ2n) is 4.50. The van der Waals surface area contributed by atoms with Gasteiger partial charge in [0.25, 0.3) is 0 Å². The zero-order valence-corrected chi connectivity index (χ0v) is 11.6. The summed E-state index contributed by atoms with van der Waals surface area (Å²) in [6.07, 6.45) is 1.63. The maximum Gasteiger partial charge on any atom is 0.320 e. The third-order valence-corrected chi connectivity index (χ3v) is 3.08. The van der Waals surface area contributed by atoms with Crippen molar-refractivity contribution < 1.29 is 19.8 Å². The van der Waals surface area contributed by atoms with Crippen LogP contribution >= 0.6 is 0 Å². The van der Waals surface area contributed by atoms with E-state index in [4.69, 9.17) is 21.7 Å². The standard InChI is InChI=1S/2C6H13NO2/c2*1-3-4(2)5(7)6(8)9/h2*4-5H,3,7H2,1-2H3,(H,8,9). The molecule has 108 valence electrons. The van der Waals surface area contributed by atoms with Crippen molar-refractivity contribution in [1.29, 1.82) is 0 Å². The van der Waals surface area contributed by atoms with Crippen molar-refractivity contribution >= 4 is 11.9 Å². The second-order valence-corrected chi connectivity index (χ2v) is 4.50. The molecule has 0 rings (SSSR count). The number of nitrogens with two attached hydrogens (primary N) is 2. The van der Waals surface area contributed by atoms with Gasteiger partial charge in [-0.2, -0.15) is 0 Å². The number of hydrogen-bond acceptors (Lipinski definition) is 4. The van der Waals surface area contributed by atoms with E-state index in [0.29, 0.717) is 0 Å². The minimum Gasteiger partial charge on any atom is -0.480 e. The minimum absolute atomic E-state index is 0.0718. The van der Waals surface area contributed by atoms with E-state index >= 15 is 0 Å². The molecular formula is C12H26N2O4. The van der Waals surface area contributed by atoms with Gasteiger partial charge in [0, 0.05) is 0 Å². The molecule has 0 aromatic rings. The largest absolute Gasteiger partial charge is 0.480 e. The molecule has 0 radical (unpaired) electrons. The quantitative estimate of drug-likeness (QED) is 0.563. The lowest BCUT2D eigenvalue weighted by Gasteiger charge is -2.11. The summed E-state index contributed by atoms with van der Waals surface area (Å²) < 4.78 is 0. The maximum absolute atomic E-state index is 10.2.